The van der Waals surface area contributed by atoms with Crippen LogP contribution in [0.25, 0.3) is 17.1 Å². The standard InChI is InChI=1S/C27H24O2S/c1-27(2)18-17-24(30-22-8-4-3-5-9-22)25-20(7-6-10-23(25)27)14-11-19-12-15-21(16-13-19)26(28)29/h3-17H,18H2,1-2H3,(H,28,29)/b14-11+. The molecule has 0 amide bonds. The lowest BCUT2D eigenvalue weighted by atomic mass is 9.74. The van der Waals surface area contributed by atoms with Gasteiger partial charge in [-0.2, -0.15) is 0 Å². The summed E-state index contributed by atoms with van der Waals surface area (Å²) in [6.07, 6.45) is 7.56. The molecule has 0 fully saturated rings. The number of carboxylic acid groups (broad SMARTS) is 1. The maximum absolute atomic E-state index is 11.1. The van der Waals surface area contributed by atoms with Crippen LogP contribution in [0.4, 0.5) is 0 Å². The van der Waals surface area contributed by atoms with Gasteiger partial charge in [-0.15, -0.1) is 0 Å². The van der Waals surface area contributed by atoms with E-state index in [2.05, 4.69) is 68.5 Å². The van der Waals surface area contributed by atoms with Crippen molar-refractivity contribution >= 4 is 34.8 Å². The van der Waals surface area contributed by atoms with Gasteiger partial charge in [-0.25, -0.2) is 4.79 Å². The lowest BCUT2D eigenvalue weighted by Gasteiger charge is -2.33. The Morgan fingerprint density at radius 2 is 1.67 bits per heavy atom. The maximum Gasteiger partial charge on any atom is 0.335 e. The van der Waals surface area contributed by atoms with Crippen molar-refractivity contribution < 1.29 is 9.90 Å². The van der Waals surface area contributed by atoms with Gasteiger partial charge in [0, 0.05) is 9.80 Å². The fourth-order valence-electron chi connectivity index (χ4n) is 3.74. The zero-order valence-electron chi connectivity index (χ0n) is 17.1. The highest BCUT2D eigenvalue weighted by molar-refractivity contribution is 8.08. The molecule has 3 aromatic rings. The predicted molar refractivity (Wildman–Crippen MR) is 127 cm³/mol. The summed E-state index contributed by atoms with van der Waals surface area (Å²) in [5.74, 6) is -0.905. The number of carboxylic acids is 1. The van der Waals surface area contributed by atoms with E-state index >= 15 is 0 Å². The molecule has 2 nitrogen and oxygen atoms in total. The van der Waals surface area contributed by atoms with Crippen molar-refractivity contribution in [3.05, 3.63) is 107 Å². The number of fused-ring (bicyclic) bond motifs is 1. The van der Waals surface area contributed by atoms with Crippen LogP contribution in [-0.4, -0.2) is 11.1 Å². The van der Waals surface area contributed by atoms with E-state index in [1.807, 2.05) is 36.0 Å². The van der Waals surface area contributed by atoms with Crippen LogP contribution in [0.3, 0.4) is 0 Å². The van der Waals surface area contributed by atoms with Crippen molar-refractivity contribution in [3.8, 4) is 0 Å². The highest BCUT2D eigenvalue weighted by Crippen LogP contribution is 2.46. The molecule has 0 heterocycles. The Morgan fingerprint density at radius 3 is 2.37 bits per heavy atom. The molecule has 3 heteroatoms. The van der Waals surface area contributed by atoms with Gasteiger partial charge in [0.2, 0.25) is 0 Å². The molecule has 0 bridgehead atoms. The summed E-state index contributed by atoms with van der Waals surface area (Å²) in [6.45, 7) is 4.59. The van der Waals surface area contributed by atoms with E-state index in [9.17, 15) is 4.79 Å². The first kappa shape index (κ1) is 20.2. The topological polar surface area (TPSA) is 37.3 Å². The van der Waals surface area contributed by atoms with E-state index in [-0.39, 0.29) is 5.41 Å². The van der Waals surface area contributed by atoms with Crippen LogP contribution in [0.2, 0.25) is 0 Å². The van der Waals surface area contributed by atoms with Crippen LogP contribution in [0.1, 0.15) is 52.9 Å². The Kier molecular flexibility index (Phi) is 5.65. The number of aromatic carboxylic acids is 1. The number of allylic oxidation sites excluding steroid dienone is 1. The Morgan fingerprint density at radius 1 is 0.933 bits per heavy atom. The highest BCUT2D eigenvalue weighted by atomic mass is 32.2. The minimum absolute atomic E-state index is 0.0864. The summed E-state index contributed by atoms with van der Waals surface area (Å²) >= 11 is 1.81. The number of hydrogen-bond donors (Lipinski definition) is 1. The second-order valence-corrected chi connectivity index (χ2v) is 9.22. The minimum atomic E-state index is -0.905. The molecule has 30 heavy (non-hydrogen) atoms. The van der Waals surface area contributed by atoms with Gasteiger partial charge in [-0.1, -0.05) is 92.4 Å². The summed E-state index contributed by atoms with van der Waals surface area (Å²) in [6, 6.07) is 24.0. The largest absolute Gasteiger partial charge is 0.478 e. The first-order valence-corrected chi connectivity index (χ1v) is 10.8. The number of benzene rings is 3. The van der Waals surface area contributed by atoms with Gasteiger partial charge < -0.3 is 5.11 Å². The molecule has 0 atom stereocenters. The normalized spacial score (nSPS) is 14.9. The van der Waals surface area contributed by atoms with Crippen molar-refractivity contribution in [2.75, 3.05) is 0 Å². The smallest absolute Gasteiger partial charge is 0.335 e. The summed E-state index contributed by atoms with van der Waals surface area (Å²) < 4.78 is 0. The van der Waals surface area contributed by atoms with Crippen LogP contribution in [0.5, 0.6) is 0 Å². The van der Waals surface area contributed by atoms with Gasteiger partial charge in [-0.05, 0) is 58.4 Å². The SMILES string of the molecule is CC1(C)CC=C(Sc2ccccc2)c2c(/C=C/c3ccc(C(=O)O)cc3)cccc21. The highest BCUT2D eigenvalue weighted by Gasteiger charge is 2.29. The fraction of sp³-hybridized carbons (Fsp3) is 0.148. The average molecular weight is 413 g/mol. The molecule has 1 N–H and O–H groups in total. The molecule has 0 aromatic heterocycles. The molecule has 1 aliphatic carbocycles. The van der Waals surface area contributed by atoms with Gasteiger partial charge in [0.05, 0.1) is 5.56 Å². The van der Waals surface area contributed by atoms with E-state index in [0.717, 1.165) is 12.0 Å². The number of thioether (sulfide) groups is 1. The lowest BCUT2D eigenvalue weighted by Crippen LogP contribution is -2.21. The van der Waals surface area contributed by atoms with Crippen LogP contribution in [0.15, 0.2) is 83.8 Å². The predicted octanol–water partition coefficient (Wildman–Crippen LogP) is 7.37. The average Bonchev–Trinajstić information content (AvgIpc) is 2.75. The molecule has 0 unspecified atom stereocenters. The van der Waals surface area contributed by atoms with Crippen LogP contribution >= 0.6 is 11.8 Å². The van der Waals surface area contributed by atoms with Crippen molar-refractivity contribution in [1.82, 2.24) is 0 Å². The third-order valence-corrected chi connectivity index (χ3v) is 6.55. The van der Waals surface area contributed by atoms with Gasteiger partial charge in [0.15, 0.2) is 0 Å². The molecular weight excluding hydrogens is 388 g/mol. The van der Waals surface area contributed by atoms with Gasteiger partial charge in [0.1, 0.15) is 0 Å². The van der Waals surface area contributed by atoms with E-state index < -0.39 is 5.97 Å². The Labute approximate surface area is 182 Å². The monoisotopic (exact) mass is 412 g/mol. The van der Waals surface area contributed by atoms with E-state index in [0.29, 0.717) is 5.56 Å². The van der Waals surface area contributed by atoms with Crippen molar-refractivity contribution in [2.45, 2.75) is 30.6 Å². The van der Waals surface area contributed by atoms with Crippen LogP contribution in [0, 0.1) is 0 Å². The third-order valence-electron chi connectivity index (χ3n) is 5.45. The summed E-state index contributed by atoms with van der Waals surface area (Å²) in [4.78, 5) is 13.6. The third kappa shape index (κ3) is 4.27. The van der Waals surface area contributed by atoms with Gasteiger partial charge >= 0.3 is 5.97 Å². The molecule has 0 saturated carbocycles. The van der Waals surface area contributed by atoms with E-state index in [4.69, 9.17) is 5.11 Å². The number of hydrogen-bond acceptors (Lipinski definition) is 2. The van der Waals surface area contributed by atoms with Crippen molar-refractivity contribution in [2.24, 2.45) is 0 Å². The van der Waals surface area contributed by atoms with E-state index in [1.165, 1.54) is 26.5 Å². The van der Waals surface area contributed by atoms with Crippen LogP contribution in [-0.2, 0) is 5.41 Å². The molecule has 4 rings (SSSR count). The first-order valence-electron chi connectivity index (χ1n) is 10.0. The molecule has 0 saturated heterocycles. The summed E-state index contributed by atoms with van der Waals surface area (Å²) in [5, 5.41) is 9.09. The Hall–Kier alpha value is -3.04. The second-order valence-electron chi connectivity index (χ2n) is 8.10. The molecule has 150 valence electrons. The number of carbonyl (C=O) groups is 1. The van der Waals surface area contributed by atoms with Crippen LogP contribution < -0.4 is 0 Å². The Bertz CT molecular complexity index is 1120. The molecule has 0 radical (unpaired) electrons. The number of rotatable bonds is 5. The minimum Gasteiger partial charge on any atom is -0.478 e. The zero-order valence-corrected chi connectivity index (χ0v) is 17.9. The van der Waals surface area contributed by atoms with E-state index in [1.54, 1.807) is 12.1 Å². The molecule has 3 aromatic carbocycles. The second kappa shape index (κ2) is 8.37. The fourth-order valence-corrected chi connectivity index (χ4v) is 4.78. The van der Waals surface area contributed by atoms with Crippen molar-refractivity contribution in [3.63, 3.8) is 0 Å². The molecule has 0 aliphatic heterocycles. The van der Waals surface area contributed by atoms with Crippen molar-refractivity contribution in [1.29, 1.82) is 0 Å². The molecule has 1 aliphatic rings. The quantitative estimate of drug-likeness (QED) is 0.445. The zero-order chi connectivity index (χ0) is 21.1. The Balaban J connectivity index is 1.71. The maximum atomic E-state index is 11.1. The summed E-state index contributed by atoms with van der Waals surface area (Å²) in [5.41, 5.74) is 5.21. The first-order chi connectivity index (χ1) is 14.4. The summed E-state index contributed by atoms with van der Waals surface area (Å²) in [7, 11) is 0. The molecule has 0 spiro atoms. The molecular formula is C27H24O2S. The lowest BCUT2D eigenvalue weighted by molar-refractivity contribution is 0.0697. The van der Waals surface area contributed by atoms with Gasteiger partial charge in [-0.3, -0.25) is 0 Å². The van der Waals surface area contributed by atoms with Gasteiger partial charge in [0.25, 0.3) is 0 Å².